The van der Waals surface area contributed by atoms with E-state index in [-0.39, 0.29) is 5.91 Å². The third kappa shape index (κ3) is 3.15. The fraction of sp³-hybridized carbons (Fsp3) is 0.158. The van der Waals surface area contributed by atoms with Crippen LogP contribution in [0.15, 0.2) is 59.1 Å². The van der Waals surface area contributed by atoms with Crippen LogP contribution in [-0.2, 0) is 10.2 Å². The summed E-state index contributed by atoms with van der Waals surface area (Å²) >= 11 is 12.0. The zero-order valence-electron chi connectivity index (χ0n) is 13.1. The average molecular weight is 373 g/mol. The second-order valence-electron chi connectivity index (χ2n) is 6.14. The largest absolute Gasteiger partial charge is 0.356 e. The number of hydrogen-bond acceptors (Lipinski definition) is 3. The monoisotopic (exact) mass is 372 g/mol. The van der Waals surface area contributed by atoms with Crippen LogP contribution in [0.2, 0.25) is 10.0 Å². The predicted octanol–water partition coefficient (Wildman–Crippen LogP) is 5.32. The van der Waals surface area contributed by atoms with Crippen LogP contribution in [0, 0.1) is 0 Å². The number of carbonyl (C=O) groups is 1. The molecule has 126 valence electrons. The first-order valence-electron chi connectivity index (χ1n) is 7.87. The lowest BCUT2D eigenvalue weighted by Gasteiger charge is -2.13. The van der Waals surface area contributed by atoms with Crippen LogP contribution in [0.5, 0.6) is 0 Å². The Morgan fingerprint density at radius 2 is 1.72 bits per heavy atom. The number of anilines is 1. The molecule has 2 aromatic carbocycles. The van der Waals surface area contributed by atoms with Gasteiger partial charge in [0.2, 0.25) is 5.91 Å². The van der Waals surface area contributed by atoms with Gasteiger partial charge in [-0.15, -0.1) is 0 Å². The maximum Gasteiger partial charge on any atom is 0.236 e. The highest BCUT2D eigenvalue weighted by Crippen LogP contribution is 2.49. The molecular formula is C19H14Cl2N2O2. The van der Waals surface area contributed by atoms with Crippen LogP contribution >= 0.6 is 23.2 Å². The van der Waals surface area contributed by atoms with Crippen LogP contribution in [0.4, 0.5) is 5.69 Å². The van der Waals surface area contributed by atoms with Crippen molar-refractivity contribution in [3.63, 3.8) is 0 Å². The van der Waals surface area contributed by atoms with E-state index in [2.05, 4.69) is 10.5 Å². The maximum atomic E-state index is 12.8. The molecule has 0 unspecified atom stereocenters. The number of rotatable bonds is 4. The molecule has 6 heteroatoms. The van der Waals surface area contributed by atoms with Crippen LogP contribution < -0.4 is 5.32 Å². The Balaban J connectivity index is 1.58. The molecule has 4 nitrogen and oxygen atoms in total. The van der Waals surface area contributed by atoms with E-state index >= 15 is 0 Å². The van der Waals surface area contributed by atoms with Gasteiger partial charge < -0.3 is 9.84 Å². The zero-order chi connectivity index (χ0) is 17.4. The molecule has 0 saturated heterocycles. The Bertz CT molecular complexity index is 913. The highest BCUT2D eigenvalue weighted by molar-refractivity contribution is 6.35. The summed E-state index contributed by atoms with van der Waals surface area (Å²) in [4.78, 5) is 12.8. The lowest BCUT2D eigenvalue weighted by Crippen LogP contribution is -2.28. The molecule has 0 radical (unpaired) electrons. The van der Waals surface area contributed by atoms with Gasteiger partial charge in [0.15, 0.2) is 5.76 Å². The summed E-state index contributed by atoms with van der Waals surface area (Å²) in [6.07, 6.45) is 1.46. The van der Waals surface area contributed by atoms with Crippen molar-refractivity contribution in [3.8, 4) is 11.3 Å². The van der Waals surface area contributed by atoms with Gasteiger partial charge in [0, 0.05) is 27.4 Å². The normalized spacial score (nSPS) is 15.0. The minimum Gasteiger partial charge on any atom is -0.356 e. The second kappa shape index (κ2) is 6.21. The van der Waals surface area contributed by atoms with Crippen LogP contribution in [0.3, 0.4) is 0 Å². The van der Waals surface area contributed by atoms with Crippen molar-refractivity contribution in [3.05, 3.63) is 70.3 Å². The molecular weight excluding hydrogens is 359 g/mol. The number of aromatic nitrogens is 1. The molecule has 1 heterocycles. The first-order valence-corrected chi connectivity index (χ1v) is 8.63. The van der Waals surface area contributed by atoms with Gasteiger partial charge in [-0.3, -0.25) is 4.79 Å². The summed E-state index contributed by atoms with van der Waals surface area (Å²) < 4.78 is 5.44. The van der Waals surface area contributed by atoms with E-state index in [9.17, 15) is 4.79 Å². The van der Waals surface area contributed by atoms with Gasteiger partial charge >= 0.3 is 0 Å². The van der Waals surface area contributed by atoms with Gasteiger partial charge in [0.1, 0.15) is 0 Å². The Hall–Kier alpha value is -2.30. The van der Waals surface area contributed by atoms with E-state index in [1.165, 1.54) is 0 Å². The van der Waals surface area contributed by atoms with Crippen molar-refractivity contribution in [2.24, 2.45) is 0 Å². The molecule has 1 aliphatic carbocycles. The van der Waals surface area contributed by atoms with E-state index in [1.807, 2.05) is 36.4 Å². The minimum atomic E-state index is -0.647. The fourth-order valence-corrected chi connectivity index (χ4v) is 3.37. The Kier molecular flexibility index (Phi) is 4.02. The van der Waals surface area contributed by atoms with Gasteiger partial charge in [0.05, 0.1) is 11.1 Å². The molecule has 1 saturated carbocycles. The van der Waals surface area contributed by atoms with Crippen molar-refractivity contribution in [1.82, 2.24) is 5.16 Å². The molecule has 1 aromatic heterocycles. The van der Waals surface area contributed by atoms with Crippen LogP contribution in [0.1, 0.15) is 18.5 Å². The molecule has 1 aliphatic rings. The zero-order valence-corrected chi connectivity index (χ0v) is 14.6. The summed E-state index contributed by atoms with van der Waals surface area (Å²) in [6, 6.07) is 16.5. The summed E-state index contributed by atoms with van der Waals surface area (Å²) in [5, 5.41) is 7.97. The van der Waals surface area contributed by atoms with E-state index in [1.54, 1.807) is 18.2 Å². The van der Waals surface area contributed by atoms with E-state index in [0.717, 1.165) is 18.4 Å². The third-order valence-electron chi connectivity index (χ3n) is 4.36. The van der Waals surface area contributed by atoms with Gasteiger partial charge in [-0.05, 0) is 31.0 Å². The molecule has 1 N–H and O–H groups in total. The Labute approximate surface area is 154 Å². The molecule has 1 amide bonds. The standard InChI is InChI=1S/C19H14Cl2N2O2/c20-13-8-14(21)10-15(9-13)22-18(24)19(6-7-19)17-11-16(25-23-17)12-4-2-1-3-5-12/h1-5,8-11H,6-7H2,(H,22,24). The number of halogens is 2. The lowest BCUT2D eigenvalue weighted by molar-refractivity contribution is -0.118. The molecule has 0 aliphatic heterocycles. The number of nitrogens with one attached hydrogen (secondary N) is 1. The van der Waals surface area contributed by atoms with Crippen LogP contribution in [0.25, 0.3) is 11.3 Å². The SMILES string of the molecule is O=C(Nc1cc(Cl)cc(Cl)c1)C1(c2cc(-c3ccccc3)on2)CC1. The summed E-state index contributed by atoms with van der Waals surface area (Å²) in [7, 11) is 0. The molecule has 3 aromatic rings. The maximum absolute atomic E-state index is 12.8. The van der Waals surface area contributed by atoms with Crippen molar-refractivity contribution in [1.29, 1.82) is 0 Å². The predicted molar refractivity (Wildman–Crippen MR) is 97.9 cm³/mol. The molecule has 0 atom stereocenters. The quantitative estimate of drug-likeness (QED) is 0.674. The molecule has 0 spiro atoms. The number of benzene rings is 2. The highest BCUT2D eigenvalue weighted by atomic mass is 35.5. The average Bonchev–Trinajstić information content (AvgIpc) is 3.25. The molecule has 1 fully saturated rings. The lowest BCUT2D eigenvalue weighted by atomic mass is 10.00. The molecule has 25 heavy (non-hydrogen) atoms. The second-order valence-corrected chi connectivity index (χ2v) is 7.01. The van der Waals surface area contributed by atoms with E-state index in [0.29, 0.717) is 27.2 Å². The number of amides is 1. The van der Waals surface area contributed by atoms with Gasteiger partial charge in [0.25, 0.3) is 0 Å². The number of nitrogens with zero attached hydrogens (tertiary/aromatic N) is 1. The molecule has 0 bridgehead atoms. The van der Waals surface area contributed by atoms with Crippen molar-refractivity contribution >= 4 is 34.8 Å². The summed E-state index contributed by atoms with van der Waals surface area (Å²) in [6.45, 7) is 0. The third-order valence-corrected chi connectivity index (χ3v) is 4.80. The Morgan fingerprint density at radius 1 is 1.04 bits per heavy atom. The van der Waals surface area contributed by atoms with Gasteiger partial charge in [-0.25, -0.2) is 0 Å². The fourth-order valence-electron chi connectivity index (χ4n) is 2.84. The number of carbonyl (C=O) groups excluding carboxylic acids is 1. The van der Waals surface area contributed by atoms with Crippen molar-refractivity contribution in [2.45, 2.75) is 18.3 Å². The first-order chi connectivity index (χ1) is 12.1. The van der Waals surface area contributed by atoms with Gasteiger partial charge in [-0.2, -0.15) is 0 Å². The topological polar surface area (TPSA) is 55.1 Å². The Morgan fingerprint density at radius 3 is 2.36 bits per heavy atom. The van der Waals surface area contributed by atoms with Gasteiger partial charge in [-0.1, -0.05) is 58.7 Å². The minimum absolute atomic E-state index is 0.126. The van der Waals surface area contributed by atoms with Crippen molar-refractivity contribution in [2.75, 3.05) is 5.32 Å². The van der Waals surface area contributed by atoms with Crippen molar-refractivity contribution < 1.29 is 9.32 Å². The first kappa shape index (κ1) is 16.2. The van der Waals surface area contributed by atoms with E-state index < -0.39 is 5.41 Å². The molecule has 4 rings (SSSR count). The van der Waals surface area contributed by atoms with Crippen LogP contribution in [-0.4, -0.2) is 11.1 Å². The summed E-state index contributed by atoms with van der Waals surface area (Å²) in [5.41, 5.74) is 1.50. The number of hydrogen-bond donors (Lipinski definition) is 1. The highest BCUT2D eigenvalue weighted by Gasteiger charge is 2.53. The smallest absolute Gasteiger partial charge is 0.236 e. The van der Waals surface area contributed by atoms with E-state index in [4.69, 9.17) is 27.7 Å². The summed E-state index contributed by atoms with van der Waals surface area (Å²) in [5.74, 6) is 0.527.